The first-order valence-electron chi connectivity index (χ1n) is 6.86. The van der Waals surface area contributed by atoms with Crippen LogP contribution in [0.5, 0.6) is 5.75 Å². The molecule has 0 aromatic carbocycles. The van der Waals surface area contributed by atoms with E-state index in [1.807, 2.05) is 6.92 Å². The van der Waals surface area contributed by atoms with Gasteiger partial charge < -0.3 is 20.1 Å². The van der Waals surface area contributed by atoms with Crippen molar-refractivity contribution in [1.29, 1.82) is 0 Å². The molecule has 19 heavy (non-hydrogen) atoms. The van der Waals surface area contributed by atoms with E-state index in [1.54, 1.807) is 13.4 Å². The van der Waals surface area contributed by atoms with Gasteiger partial charge in [0.2, 0.25) is 5.75 Å². The third kappa shape index (κ3) is 2.32. The molecule has 1 aromatic heterocycles. The van der Waals surface area contributed by atoms with E-state index in [0.29, 0.717) is 24.0 Å². The number of hydrogen-bond donors (Lipinski definition) is 2. The van der Waals surface area contributed by atoms with E-state index < -0.39 is 0 Å². The molecule has 2 bridgehead atoms. The lowest BCUT2D eigenvalue weighted by Gasteiger charge is -2.22. The number of fused-ring (bicyclic) bond motifs is 2. The van der Waals surface area contributed by atoms with Crippen LogP contribution in [0.3, 0.4) is 0 Å². The molecule has 0 aliphatic carbocycles. The van der Waals surface area contributed by atoms with Crippen molar-refractivity contribution in [3.63, 3.8) is 0 Å². The van der Waals surface area contributed by atoms with Crippen molar-refractivity contribution in [1.82, 2.24) is 9.97 Å². The van der Waals surface area contributed by atoms with Gasteiger partial charge in [0.05, 0.1) is 25.4 Å². The highest BCUT2D eigenvalue weighted by molar-refractivity contribution is 5.63. The highest BCUT2D eigenvalue weighted by Crippen LogP contribution is 2.38. The maximum Gasteiger partial charge on any atom is 0.204 e. The van der Waals surface area contributed by atoms with Crippen LogP contribution in [-0.4, -0.2) is 41.9 Å². The van der Waals surface area contributed by atoms with Crippen LogP contribution in [0.4, 0.5) is 11.6 Å². The van der Waals surface area contributed by atoms with Crippen LogP contribution in [0.2, 0.25) is 0 Å². The molecule has 6 heteroatoms. The molecule has 0 spiro atoms. The lowest BCUT2D eigenvalue weighted by Crippen LogP contribution is -2.31. The smallest absolute Gasteiger partial charge is 0.204 e. The molecular weight excluding hydrogens is 244 g/mol. The Morgan fingerprint density at radius 2 is 2.21 bits per heavy atom. The van der Waals surface area contributed by atoms with Gasteiger partial charge in [0, 0.05) is 6.54 Å². The van der Waals surface area contributed by atoms with Gasteiger partial charge in [-0.3, -0.25) is 0 Å². The minimum atomic E-state index is 0.312. The Bertz CT molecular complexity index is 454. The van der Waals surface area contributed by atoms with Crippen LogP contribution in [-0.2, 0) is 4.74 Å². The molecule has 2 aliphatic rings. The van der Waals surface area contributed by atoms with Crippen molar-refractivity contribution in [2.24, 2.45) is 0 Å². The van der Waals surface area contributed by atoms with E-state index in [0.717, 1.165) is 31.0 Å². The number of rotatable bonds is 5. The Kier molecular flexibility index (Phi) is 3.42. The van der Waals surface area contributed by atoms with E-state index in [1.165, 1.54) is 6.42 Å². The number of ether oxygens (including phenoxy) is 2. The summed E-state index contributed by atoms with van der Waals surface area (Å²) in [4.78, 5) is 8.50. The average Bonchev–Trinajstić information content (AvgIpc) is 3.02. The summed E-state index contributed by atoms with van der Waals surface area (Å²) in [7, 11) is 1.64. The number of methoxy groups -OCH3 is 1. The molecule has 2 N–H and O–H groups in total. The average molecular weight is 264 g/mol. The number of anilines is 2. The Labute approximate surface area is 112 Å². The van der Waals surface area contributed by atoms with E-state index >= 15 is 0 Å². The van der Waals surface area contributed by atoms with Crippen LogP contribution in [0, 0.1) is 0 Å². The Hall–Kier alpha value is -1.56. The third-order valence-electron chi connectivity index (χ3n) is 3.78. The minimum Gasteiger partial charge on any atom is -0.490 e. The summed E-state index contributed by atoms with van der Waals surface area (Å²) in [5.41, 5.74) is 0. The lowest BCUT2D eigenvalue weighted by molar-refractivity contribution is 0.102. The highest BCUT2D eigenvalue weighted by Gasteiger charge is 2.41. The van der Waals surface area contributed by atoms with Crippen LogP contribution >= 0.6 is 0 Å². The first-order valence-corrected chi connectivity index (χ1v) is 6.86. The van der Waals surface area contributed by atoms with Gasteiger partial charge >= 0.3 is 0 Å². The third-order valence-corrected chi connectivity index (χ3v) is 3.78. The molecule has 2 aliphatic heterocycles. The molecular formula is C13H20N4O2. The summed E-state index contributed by atoms with van der Waals surface area (Å²) < 4.78 is 11.3. The van der Waals surface area contributed by atoms with Crippen molar-refractivity contribution in [3.05, 3.63) is 6.33 Å². The Balaban J connectivity index is 1.78. The summed E-state index contributed by atoms with van der Waals surface area (Å²) in [6.45, 7) is 2.82. The molecule has 3 atom stereocenters. The zero-order valence-corrected chi connectivity index (χ0v) is 11.3. The standard InChI is InChI=1S/C13H20N4O2/c1-3-14-12-11(18-2)13(16-7-15-12)17-9-6-8-4-5-10(9)19-8/h7-10H,3-6H2,1-2H3,(H2,14,15,16,17). The van der Waals surface area contributed by atoms with Crippen molar-refractivity contribution in [3.8, 4) is 5.75 Å². The van der Waals surface area contributed by atoms with Gasteiger partial charge in [0.1, 0.15) is 6.33 Å². The largest absolute Gasteiger partial charge is 0.490 e. The number of hydrogen-bond acceptors (Lipinski definition) is 6. The van der Waals surface area contributed by atoms with Crippen LogP contribution < -0.4 is 15.4 Å². The summed E-state index contributed by atoms with van der Waals surface area (Å²) >= 11 is 0. The fraction of sp³-hybridized carbons (Fsp3) is 0.692. The zero-order valence-electron chi connectivity index (χ0n) is 11.3. The number of nitrogens with zero attached hydrogens (tertiary/aromatic N) is 2. The molecule has 0 radical (unpaired) electrons. The molecule has 0 amide bonds. The summed E-state index contributed by atoms with van der Waals surface area (Å²) in [6.07, 6.45) is 5.66. The zero-order chi connectivity index (χ0) is 13.2. The highest BCUT2D eigenvalue weighted by atomic mass is 16.5. The van der Waals surface area contributed by atoms with Crippen molar-refractivity contribution in [2.45, 2.75) is 44.4 Å². The topological polar surface area (TPSA) is 68.3 Å². The van der Waals surface area contributed by atoms with Crippen molar-refractivity contribution >= 4 is 11.6 Å². The predicted molar refractivity (Wildman–Crippen MR) is 72.7 cm³/mol. The predicted octanol–water partition coefficient (Wildman–Crippen LogP) is 1.65. The fourth-order valence-electron chi connectivity index (χ4n) is 2.93. The van der Waals surface area contributed by atoms with Gasteiger partial charge in [-0.15, -0.1) is 0 Å². The molecule has 1 aromatic rings. The number of aromatic nitrogens is 2. The number of nitrogens with one attached hydrogen (secondary N) is 2. The van der Waals surface area contributed by atoms with Crippen LogP contribution in [0.1, 0.15) is 26.2 Å². The van der Waals surface area contributed by atoms with Gasteiger partial charge in [-0.25, -0.2) is 9.97 Å². The maximum atomic E-state index is 5.85. The van der Waals surface area contributed by atoms with Gasteiger partial charge in [0.25, 0.3) is 0 Å². The second kappa shape index (κ2) is 5.21. The van der Waals surface area contributed by atoms with Crippen LogP contribution in [0.25, 0.3) is 0 Å². The summed E-state index contributed by atoms with van der Waals surface area (Å²) in [5, 5.41) is 6.63. The molecule has 104 valence electrons. The van der Waals surface area contributed by atoms with E-state index in [4.69, 9.17) is 9.47 Å². The van der Waals surface area contributed by atoms with E-state index in [-0.39, 0.29) is 0 Å². The molecule has 3 rings (SSSR count). The van der Waals surface area contributed by atoms with Gasteiger partial charge in [-0.05, 0) is 26.2 Å². The SMILES string of the molecule is CCNc1ncnc(NC2CC3CCC2O3)c1OC. The van der Waals surface area contributed by atoms with Crippen molar-refractivity contribution < 1.29 is 9.47 Å². The molecule has 3 heterocycles. The Morgan fingerprint density at radius 1 is 1.37 bits per heavy atom. The second-order valence-electron chi connectivity index (χ2n) is 4.99. The van der Waals surface area contributed by atoms with Gasteiger partial charge in [0.15, 0.2) is 11.6 Å². The first-order chi connectivity index (χ1) is 9.31. The molecule has 2 fully saturated rings. The molecule has 2 saturated heterocycles. The summed E-state index contributed by atoms with van der Waals surface area (Å²) in [6, 6.07) is 0.331. The quantitative estimate of drug-likeness (QED) is 0.843. The monoisotopic (exact) mass is 264 g/mol. The first kappa shape index (κ1) is 12.5. The van der Waals surface area contributed by atoms with E-state index in [2.05, 4.69) is 20.6 Å². The van der Waals surface area contributed by atoms with Crippen molar-refractivity contribution in [2.75, 3.05) is 24.3 Å². The normalized spacial score (nSPS) is 28.4. The van der Waals surface area contributed by atoms with Gasteiger partial charge in [-0.2, -0.15) is 0 Å². The summed E-state index contributed by atoms with van der Waals surface area (Å²) in [5.74, 6) is 2.15. The minimum absolute atomic E-state index is 0.312. The molecule has 3 unspecified atom stereocenters. The second-order valence-corrected chi connectivity index (χ2v) is 4.99. The van der Waals surface area contributed by atoms with Gasteiger partial charge in [-0.1, -0.05) is 0 Å². The van der Waals surface area contributed by atoms with Crippen LogP contribution in [0.15, 0.2) is 6.33 Å². The molecule has 0 saturated carbocycles. The maximum absolute atomic E-state index is 5.85. The fourth-order valence-corrected chi connectivity index (χ4v) is 2.93. The Morgan fingerprint density at radius 3 is 2.84 bits per heavy atom. The van der Waals surface area contributed by atoms with E-state index in [9.17, 15) is 0 Å². The lowest BCUT2D eigenvalue weighted by atomic mass is 9.95. The molecule has 6 nitrogen and oxygen atoms in total.